The van der Waals surface area contributed by atoms with Crippen molar-refractivity contribution in [3.05, 3.63) is 52.4 Å². The molecule has 0 saturated carbocycles. The van der Waals surface area contributed by atoms with Gasteiger partial charge in [-0.1, -0.05) is 0 Å². The van der Waals surface area contributed by atoms with E-state index in [0.717, 1.165) is 0 Å². The number of aromatic nitrogens is 2. The van der Waals surface area contributed by atoms with Crippen molar-refractivity contribution in [1.82, 2.24) is 15.3 Å². The molecule has 2 rings (SSSR count). The van der Waals surface area contributed by atoms with Crippen molar-refractivity contribution < 1.29 is 24.2 Å². The number of aromatic amines is 1. The molecule has 0 fully saturated rings. The van der Waals surface area contributed by atoms with Crippen molar-refractivity contribution in [2.24, 2.45) is 0 Å². The van der Waals surface area contributed by atoms with Crippen molar-refractivity contribution in [2.45, 2.75) is 12.5 Å². The highest BCUT2D eigenvalue weighted by atomic mass is 16.5. The van der Waals surface area contributed by atoms with Gasteiger partial charge in [-0.15, -0.1) is 0 Å². The van der Waals surface area contributed by atoms with Crippen LogP contribution in [0.15, 0.2) is 30.7 Å². The lowest BCUT2D eigenvalue weighted by atomic mass is 10.0. The number of benzene rings is 1. The number of carbonyl (C=O) groups is 3. The van der Waals surface area contributed by atoms with E-state index in [0.29, 0.717) is 5.69 Å². The van der Waals surface area contributed by atoms with Crippen LogP contribution < -0.4 is 5.32 Å². The van der Waals surface area contributed by atoms with Crippen molar-refractivity contribution in [2.75, 3.05) is 7.11 Å². The van der Waals surface area contributed by atoms with Crippen LogP contribution >= 0.6 is 0 Å². The zero-order valence-corrected chi connectivity index (χ0v) is 13.2. The molecule has 9 nitrogen and oxygen atoms in total. The van der Waals surface area contributed by atoms with Gasteiger partial charge in [0, 0.05) is 30.4 Å². The van der Waals surface area contributed by atoms with Crippen LogP contribution in [0.1, 0.15) is 26.4 Å². The molecule has 0 spiro atoms. The van der Waals surface area contributed by atoms with E-state index in [1.54, 1.807) is 0 Å². The highest BCUT2D eigenvalue weighted by Crippen LogP contribution is 2.19. The predicted octanol–water partition coefficient (Wildman–Crippen LogP) is 1.22. The summed E-state index contributed by atoms with van der Waals surface area (Å²) in [4.78, 5) is 45.8. The van der Waals surface area contributed by atoms with Gasteiger partial charge in [-0.05, 0) is 10.9 Å². The van der Waals surface area contributed by atoms with Gasteiger partial charge in [0.15, 0.2) is 0 Å². The minimum atomic E-state index is -1.32. The summed E-state index contributed by atoms with van der Waals surface area (Å²) in [5, 5.41) is 11.7. The molecule has 2 aromatic rings. The molecule has 1 heterocycles. The number of nitrogens with zero attached hydrogens (tertiary/aromatic N) is 2. The van der Waals surface area contributed by atoms with Crippen molar-refractivity contribution in [3.8, 4) is 6.57 Å². The Balaban J connectivity index is 2.27. The summed E-state index contributed by atoms with van der Waals surface area (Å²) in [5.74, 6) is -2.73. The summed E-state index contributed by atoms with van der Waals surface area (Å²) in [6.07, 6.45) is 3.04. The molecule has 9 heteroatoms. The Morgan fingerprint density at radius 1 is 1.40 bits per heavy atom. The van der Waals surface area contributed by atoms with Gasteiger partial charge in [0.25, 0.3) is 12.5 Å². The molecule has 0 aliphatic heterocycles. The lowest BCUT2D eigenvalue weighted by Crippen LogP contribution is -2.43. The van der Waals surface area contributed by atoms with Crippen molar-refractivity contribution in [3.63, 3.8) is 0 Å². The summed E-state index contributed by atoms with van der Waals surface area (Å²) < 4.78 is 4.68. The number of carboxylic acids is 1. The van der Waals surface area contributed by atoms with E-state index in [1.165, 1.54) is 37.8 Å². The van der Waals surface area contributed by atoms with Gasteiger partial charge in [0.2, 0.25) is 0 Å². The lowest BCUT2D eigenvalue weighted by molar-refractivity contribution is -0.142. The molecule has 0 aliphatic rings. The maximum atomic E-state index is 12.5. The Morgan fingerprint density at radius 3 is 2.72 bits per heavy atom. The second-order valence-corrected chi connectivity index (χ2v) is 4.99. The number of amides is 1. The fourth-order valence-electron chi connectivity index (χ4n) is 2.18. The summed E-state index contributed by atoms with van der Waals surface area (Å²) in [7, 11) is 1.19. The van der Waals surface area contributed by atoms with Crippen LogP contribution in [0, 0.1) is 6.57 Å². The third-order valence-electron chi connectivity index (χ3n) is 3.40. The van der Waals surface area contributed by atoms with Crippen LogP contribution in [0.2, 0.25) is 0 Å². The first-order chi connectivity index (χ1) is 12.0. The van der Waals surface area contributed by atoms with Crippen LogP contribution in [-0.4, -0.2) is 46.1 Å². The van der Waals surface area contributed by atoms with Crippen molar-refractivity contribution in [1.29, 1.82) is 0 Å². The molecular weight excluding hydrogens is 328 g/mol. The summed E-state index contributed by atoms with van der Waals surface area (Å²) in [6, 6.07) is 2.82. The Bertz CT molecular complexity index is 839. The van der Waals surface area contributed by atoms with E-state index in [-0.39, 0.29) is 23.2 Å². The van der Waals surface area contributed by atoms with Crippen LogP contribution in [0.3, 0.4) is 0 Å². The largest absolute Gasteiger partial charge is 0.478 e. The number of imidazole rings is 1. The molecule has 0 saturated heterocycles. The fourth-order valence-corrected chi connectivity index (χ4v) is 2.18. The molecular formula is C16H15N4O5+. The highest BCUT2D eigenvalue weighted by molar-refractivity contribution is 6.06. The molecule has 3 N–H and O–H groups in total. The number of aromatic carboxylic acids is 1. The van der Waals surface area contributed by atoms with Crippen LogP contribution in [0.5, 0.6) is 0 Å². The second kappa shape index (κ2) is 7.74. The van der Waals surface area contributed by atoms with Gasteiger partial charge in [-0.25, -0.2) is 14.6 Å². The molecule has 0 radical (unpaired) electrons. The molecule has 1 atom stereocenters. The number of nitrogens with one attached hydrogen (secondary N) is 2. The standard InChI is InChI=1S/C16H14N4O5/c1-17-9-3-4-11(12(5-9)15(22)23)14(21)20-13(16(24)25-2)6-10-7-18-8-19-10/h1,3-5,7-8,13H,6H2,2H3,(H2-,18,19,20,21,22,23)/p+1/t13-/m1/s1. The van der Waals surface area contributed by atoms with E-state index in [4.69, 9.17) is 6.57 Å². The first-order valence-corrected chi connectivity index (χ1v) is 7.10. The van der Waals surface area contributed by atoms with Crippen LogP contribution in [0.25, 0.3) is 4.85 Å². The number of hydrogen-bond donors (Lipinski definition) is 3. The maximum absolute atomic E-state index is 12.5. The smallest absolute Gasteiger partial charge is 0.340 e. The monoisotopic (exact) mass is 343 g/mol. The number of carboxylic acid groups (broad SMARTS) is 1. The minimum absolute atomic E-state index is 0.108. The van der Waals surface area contributed by atoms with E-state index >= 15 is 0 Å². The van der Waals surface area contributed by atoms with Gasteiger partial charge >= 0.3 is 17.6 Å². The number of H-pyrrole nitrogens is 1. The molecule has 128 valence electrons. The summed E-state index contributed by atoms with van der Waals surface area (Å²) in [5.41, 5.74) is 0.398. The first-order valence-electron chi connectivity index (χ1n) is 7.10. The van der Waals surface area contributed by atoms with E-state index in [2.05, 4.69) is 24.9 Å². The third kappa shape index (κ3) is 4.20. The lowest BCUT2D eigenvalue weighted by Gasteiger charge is -2.16. The maximum Gasteiger partial charge on any atom is 0.340 e. The number of carbonyl (C=O) groups excluding carboxylic acids is 2. The minimum Gasteiger partial charge on any atom is -0.478 e. The summed E-state index contributed by atoms with van der Waals surface area (Å²) in [6.45, 7) is 5.12. The first kappa shape index (κ1) is 17.7. The molecule has 1 aromatic heterocycles. The number of esters is 1. The number of hydrogen-bond acceptors (Lipinski definition) is 5. The van der Waals surface area contributed by atoms with Gasteiger partial charge in [-0.2, -0.15) is 0 Å². The average Bonchev–Trinajstić information content (AvgIpc) is 3.12. The quantitative estimate of drug-likeness (QED) is 0.677. The molecule has 0 unspecified atom stereocenters. The van der Waals surface area contributed by atoms with E-state index in [1.807, 2.05) is 0 Å². The predicted molar refractivity (Wildman–Crippen MR) is 86.9 cm³/mol. The second-order valence-electron chi connectivity index (χ2n) is 4.99. The van der Waals surface area contributed by atoms with Gasteiger partial charge < -0.3 is 20.1 Å². The van der Waals surface area contributed by atoms with E-state index in [9.17, 15) is 19.5 Å². The zero-order chi connectivity index (χ0) is 18.4. The Hall–Kier alpha value is -3.67. The molecule has 1 aromatic carbocycles. The van der Waals surface area contributed by atoms with Crippen LogP contribution in [-0.2, 0) is 16.0 Å². The van der Waals surface area contributed by atoms with Gasteiger partial charge in [0.05, 0.1) is 24.6 Å². The average molecular weight is 343 g/mol. The third-order valence-corrected chi connectivity index (χ3v) is 3.40. The van der Waals surface area contributed by atoms with E-state index < -0.39 is 23.9 Å². The molecule has 0 aliphatic carbocycles. The SMILES string of the molecule is C#[N+]c1ccc(C(=O)N[C@H](Cc2cnc[nH]2)C(=O)OC)c(C(=O)O)c1. The Labute approximate surface area is 142 Å². The fraction of sp³-hybridized carbons (Fsp3) is 0.188. The van der Waals surface area contributed by atoms with Gasteiger partial charge in [-0.3, -0.25) is 4.79 Å². The molecule has 0 bridgehead atoms. The van der Waals surface area contributed by atoms with Crippen LogP contribution in [0.4, 0.5) is 5.69 Å². The van der Waals surface area contributed by atoms with Crippen molar-refractivity contribution >= 4 is 23.5 Å². The highest BCUT2D eigenvalue weighted by Gasteiger charge is 2.26. The number of methoxy groups -OCH3 is 1. The van der Waals surface area contributed by atoms with Gasteiger partial charge in [0.1, 0.15) is 6.04 Å². The summed E-state index contributed by atoms with van der Waals surface area (Å²) >= 11 is 0. The molecule has 1 amide bonds. The zero-order valence-electron chi connectivity index (χ0n) is 13.2. The molecule has 25 heavy (non-hydrogen) atoms. The number of rotatable bonds is 6. The normalized spacial score (nSPS) is 11.2. The number of ether oxygens (including phenoxy) is 1. The Morgan fingerprint density at radius 2 is 2.16 bits per heavy atom. The Kier molecular flexibility index (Phi) is 5.47. The topological polar surface area (TPSA) is 126 Å².